The van der Waals surface area contributed by atoms with Gasteiger partial charge in [-0.2, -0.15) is 0 Å². The van der Waals surface area contributed by atoms with Crippen molar-refractivity contribution >= 4 is 5.97 Å². The Kier molecular flexibility index (Phi) is 2.76. The van der Waals surface area contributed by atoms with E-state index in [1.807, 2.05) is 0 Å². The monoisotopic (exact) mass is 170 g/mol. The van der Waals surface area contributed by atoms with Gasteiger partial charge < -0.3 is 4.74 Å². The highest BCUT2D eigenvalue weighted by Gasteiger charge is 2.29. The average Bonchev–Trinajstić information content (AvgIpc) is 2.10. The third kappa shape index (κ3) is 2.50. The lowest BCUT2D eigenvalue weighted by Gasteiger charge is -2.23. The maximum absolute atomic E-state index is 11.1. The number of esters is 1. The number of carbonyl (C=O) groups is 1. The Labute approximate surface area is 74.3 Å². The van der Waals surface area contributed by atoms with Gasteiger partial charge in [-0.05, 0) is 17.8 Å². The zero-order valence-corrected chi connectivity index (χ0v) is 8.22. The smallest absolute Gasteiger partial charge is 0.306 e. The van der Waals surface area contributed by atoms with Gasteiger partial charge in [-0.1, -0.05) is 27.2 Å². The van der Waals surface area contributed by atoms with Gasteiger partial charge in [-0.25, -0.2) is 0 Å². The standard InChI is InChI=1S/C10H18O2/c1-4-8-5-9(11)12-7-10(2,3)6-8/h8H,4-7H2,1-3H3. The van der Waals surface area contributed by atoms with E-state index < -0.39 is 0 Å². The SMILES string of the molecule is CCC1CC(=O)OCC(C)(C)C1. The molecule has 1 heterocycles. The molecule has 0 aliphatic carbocycles. The Morgan fingerprint density at radius 2 is 2.25 bits per heavy atom. The van der Waals surface area contributed by atoms with Crippen LogP contribution in [0.3, 0.4) is 0 Å². The zero-order chi connectivity index (χ0) is 9.19. The summed E-state index contributed by atoms with van der Waals surface area (Å²) in [6.07, 6.45) is 2.80. The summed E-state index contributed by atoms with van der Waals surface area (Å²) < 4.78 is 5.11. The van der Waals surface area contributed by atoms with E-state index in [1.165, 1.54) is 0 Å². The van der Waals surface area contributed by atoms with Crippen LogP contribution in [0.4, 0.5) is 0 Å². The minimum atomic E-state index is -0.0209. The van der Waals surface area contributed by atoms with Crippen molar-refractivity contribution in [3.63, 3.8) is 0 Å². The van der Waals surface area contributed by atoms with Gasteiger partial charge in [0.15, 0.2) is 0 Å². The molecule has 0 aromatic rings. The molecule has 0 radical (unpaired) electrons. The summed E-state index contributed by atoms with van der Waals surface area (Å²) >= 11 is 0. The molecule has 70 valence electrons. The van der Waals surface area contributed by atoms with Crippen LogP contribution in [0.5, 0.6) is 0 Å². The molecule has 0 saturated carbocycles. The van der Waals surface area contributed by atoms with Crippen LogP contribution in [0, 0.1) is 11.3 Å². The number of rotatable bonds is 1. The van der Waals surface area contributed by atoms with Crippen molar-refractivity contribution in [2.75, 3.05) is 6.61 Å². The van der Waals surface area contributed by atoms with Gasteiger partial charge in [-0.3, -0.25) is 4.79 Å². The van der Waals surface area contributed by atoms with E-state index in [9.17, 15) is 4.79 Å². The lowest BCUT2D eigenvalue weighted by atomic mass is 9.82. The molecule has 1 unspecified atom stereocenters. The van der Waals surface area contributed by atoms with Crippen LogP contribution in [0.1, 0.15) is 40.0 Å². The Balaban J connectivity index is 2.62. The topological polar surface area (TPSA) is 26.3 Å². The molecule has 0 aromatic heterocycles. The molecular formula is C10H18O2. The summed E-state index contributed by atoms with van der Waals surface area (Å²) in [6, 6.07) is 0. The Morgan fingerprint density at radius 3 is 2.83 bits per heavy atom. The number of carbonyl (C=O) groups excluding carboxylic acids is 1. The van der Waals surface area contributed by atoms with Gasteiger partial charge in [0, 0.05) is 6.42 Å². The molecule has 0 aromatic carbocycles. The summed E-state index contributed by atoms with van der Waals surface area (Å²) in [6.45, 7) is 7.05. The normalized spacial score (nSPS) is 29.2. The minimum absolute atomic E-state index is 0.0209. The summed E-state index contributed by atoms with van der Waals surface area (Å²) in [5.41, 5.74) is 0.173. The first-order chi connectivity index (χ1) is 5.53. The van der Waals surface area contributed by atoms with Crippen LogP contribution in [0.25, 0.3) is 0 Å². The molecule has 0 N–H and O–H groups in total. The molecule has 1 aliphatic heterocycles. The summed E-state index contributed by atoms with van der Waals surface area (Å²) in [5, 5.41) is 0. The van der Waals surface area contributed by atoms with E-state index in [0.717, 1.165) is 12.8 Å². The summed E-state index contributed by atoms with van der Waals surface area (Å²) in [7, 11) is 0. The third-order valence-electron chi connectivity index (χ3n) is 2.50. The maximum atomic E-state index is 11.1. The number of ether oxygens (including phenoxy) is 1. The second kappa shape index (κ2) is 3.46. The van der Waals surface area contributed by atoms with E-state index >= 15 is 0 Å². The molecule has 1 rings (SSSR count). The van der Waals surface area contributed by atoms with Crippen molar-refractivity contribution in [2.24, 2.45) is 11.3 Å². The van der Waals surface area contributed by atoms with E-state index in [4.69, 9.17) is 4.74 Å². The number of hydrogen-bond acceptors (Lipinski definition) is 2. The van der Waals surface area contributed by atoms with Gasteiger partial charge in [0.25, 0.3) is 0 Å². The molecule has 1 atom stereocenters. The van der Waals surface area contributed by atoms with Crippen molar-refractivity contribution in [2.45, 2.75) is 40.0 Å². The van der Waals surface area contributed by atoms with Gasteiger partial charge in [-0.15, -0.1) is 0 Å². The van der Waals surface area contributed by atoms with Crippen molar-refractivity contribution < 1.29 is 9.53 Å². The second-order valence-corrected chi connectivity index (χ2v) is 4.51. The highest BCUT2D eigenvalue weighted by Crippen LogP contribution is 2.32. The van der Waals surface area contributed by atoms with Crippen LogP contribution in [-0.4, -0.2) is 12.6 Å². The van der Waals surface area contributed by atoms with Crippen LogP contribution in [0.15, 0.2) is 0 Å². The molecule has 0 spiro atoms. The number of cyclic esters (lactones) is 1. The van der Waals surface area contributed by atoms with Gasteiger partial charge >= 0.3 is 5.97 Å². The van der Waals surface area contributed by atoms with E-state index in [0.29, 0.717) is 18.9 Å². The third-order valence-corrected chi connectivity index (χ3v) is 2.50. The molecule has 1 saturated heterocycles. The maximum Gasteiger partial charge on any atom is 0.306 e. The molecule has 12 heavy (non-hydrogen) atoms. The fraction of sp³-hybridized carbons (Fsp3) is 0.900. The first-order valence-electron chi connectivity index (χ1n) is 4.69. The Morgan fingerprint density at radius 1 is 1.58 bits per heavy atom. The van der Waals surface area contributed by atoms with Crippen molar-refractivity contribution in [3.8, 4) is 0 Å². The highest BCUT2D eigenvalue weighted by atomic mass is 16.5. The summed E-state index contributed by atoms with van der Waals surface area (Å²) in [5.74, 6) is 0.502. The molecular weight excluding hydrogens is 152 g/mol. The van der Waals surface area contributed by atoms with E-state index in [1.54, 1.807) is 0 Å². The average molecular weight is 170 g/mol. The predicted octanol–water partition coefficient (Wildman–Crippen LogP) is 2.38. The van der Waals surface area contributed by atoms with Crippen LogP contribution < -0.4 is 0 Å². The molecule has 2 nitrogen and oxygen atoms in total. The van der Waals surface area contributed by atoms with Gasteiger partial charge in [0.2, 0.25) is 0 Å². The van der Waals surface area contributed by atoms with Crippen LogP contribution >= 0.6 is 0 Å². The Bertz CT molecular complexity index is 173. The molecule has 1 aliphatic rings. The Hall–Kier alpha value is -0.530. The summed E-state index contributed by atoms with van der Waals surface area (Å²) in [4.78, 5) is 11.1. The largest absolute Gasteiger partial charge is 0.465 e. The van der Waals surface area contributed by atoms with Gasteiger partial charge in [0.05, 0.1) is 6.61 Å². The fourth-order valence-electron chi connectivity index (χ4n) is 1.77. The minimum Gasteiger partial charge on any atom is -0.465 e. The molecule has 0 amide bonds. The van der Waals surface area contributed by atoms with Crippen molar-refractivity contribution in [1.82, 2.24) is 0 Å². The molecule has 2 heteroatoms. The first kappa shape index (κ1) is 9.56. The second-order valence-electron chi connectivity index (χ2n) is 4.51. The van der Waals surface area contributed by atoms with Crippen LogP contribution in [0.2, 0.25) is 0 Å². The lowest BCUT2D eigenvalue weighted by Crippen LogP contribution is -2.19. The lowest BCUT2D eigenvalue weighted by molar-refractivity contribution is -0.145. The van der Waals surface area contributed by atoms with Gasteiger partial charge in [0.1, 0.15) is 0 Å². The fourth-order valence-corrected chi connectivity index (χ4v) is 1.77. The first-order valence-corrected chi connectivity index (χ1v) is 4.69. The molecule has 0 bridgehead atoms. The van der Waals surface area contributed by atoms with Crippen molar-refractivity contribution in [3.05, 3.63) is 0 Å². The number of hydrogen-bond donors (Lipinski definition) is 0. The van der Waals surface area contributed by atoms with Crippen LogP contribution in [-0.2, 0) is 9.53 Å². The quantitative estimate of drug-likeness (QED) is 0.565. The predicted molar refractivity (Wildman–Crippen MR) is 47.8 cm³/mol. The van der Waals surface area contributed by atoms with E-state index in [-0.39, 0.29) is 11.4 Å². The van der Waals surface area contributed by atoms with Crippen molar-refractivity contribution in [1.29, 1.82) is 0 Å². The zero-order valence-electron chi connectivity index (χ0n) is 8.22. The molecule has 1 fully saturated rings. The highest BCUT2D eigenvalue weighted by molar-refractivity contribution is 5.70. The van der Waals surface area contributed by atoms with E-state index in [2.05, 4.69) is 20.8 Å².